The molecule has 5 nitrogen and oxygen atoms in total. The number of hydrogen-bond donors (Lipinski definition) is 2. The first-order valence-electron chi connectivity index (χ1n) is 7.94. The van der Waals surface area contributed by atoms with Gasteiger partial charge in [-0.1, -0.05) is 18.2 Å². The molecule has 2 aromatic carbocycles. The third-order valence-corrected chi connectivity index (χ3v) is 3.53. The maximum absolute atomic E-state index is 12.2. The Morgan fingerprint density at radius 1 is 1.00 bits per heavy atom. The van der Waals surface area contributed by atoms with E-state index in [1.165, 1.54) is 0 Å². The maximum atomic E-state index is 12.2. The van der Waals surface area contributed by atoms with Crippen LogP contribution < -0.4 is 15.5 Å². The number of hydrogen-bond acceptors (Lipinski definition) is 3. The summed E-state index contributed by atoms with van der Waals surface area (Å²) in [4.78, 5) is 25.7. The van der Waals surface area contributed by atoms with E-state index >= 15 is 0 Å². The minimum Gasteiger partial charge on any atom is -0.376 e. The first-order valence-corrected chi connectivity index (χ1v) is 7.94. The zero-order valence-corrected chi connectivity index (χ0v) is 14.2. The second kappa shape index (κ2) is 8.15. The van der Waals surface area contributed by atoms with Gasteiger partial charge in [0.05, 0.1) is 6.54 Å². The van der Waals surface area contributed by atoms with E-state index in [1.807, 2.05) is 44.2 Å². The van der Waals surface area contributed by atoms with Crippen LogP contribution in [0.15, 0.2) is 54.6 Å². The van der Waals surface area contributed by atoms with E-state index in [0.29, 0.717) is 5.56 Å². The van der Waals surface area contributed by atoms with Crippen molar-refractivity contribution in [3.63, 3.8) is 0 Å². The standard InChI is InChI=1S/C19H23N3O2/c1-14(2)21-19(24)15-9-11-16(12-10-15)20-13-18(23)22(3)17-7-5-4-6-8-17/h4-12,14,20H,13H2,1-3H3,(H,21,24). The third-order valence-electron chi connectivity index (χ3n) is 3.53. The highest BCUT2D eigenvalue weighted by molar-refractivity contribution is 5.96. The molecule has 0 aliphatic heterocycles. The first kappa shape index (κ1) is 17.5. The smallest absolute Gasteiger partial charge is 0.251 e. The summed E-state index contributed by atoms with van der Waals surface area (Å²) in [5.74, 6) is -0.140. The lowest BCUT2D eigenvalue weighted by molar-refractivity contribution is -0.116. The third kappa shape index (κ3) is 4.84. The van der Waals surface area contributed by atoms with Gasteiger partial charge in [-0.25, -0.2) is 0 Å². The summed E-state index contributed by atoms with van der Waals surface area (Å²) in [6.45, 7) is 4.02. The van der Waals surface area contributed by atoms with Gasteiger partial charge in [0.15, 0.2) is 0 Å². The minimum absolute atomic E-state index is 0.0390. The largest absolute Gasteiger partial charge is 0.376 e. The first-order chi connectivity index (χ1) is 11.5. The predicted molar refractivity (Wildman–Crippen MR) is 97.4 cm³/mol. The van der Waals surface area contributed by atoms with Crippen LogP contribution in [0.25, 0.3) is 0 Å². The maximum Gasteiger partial charge on any atom is 0.251 e. The highest BCUT2D eigenvalue weighted by atomic mass is 16.2. The highest BCUT2D eigenvalue weighted by Gasteiger charge is 2.10. The average molecular weight is 325 g/mol. The van der Waals surface area contributed by atoms with E-state index < -0.39 is 0 Å². The molecule has 0 unspecified atom stereocenters. The molecule has 5 heteroatoms. The molecule has 2 N–H and O–H groups in total. The van der Waals surface area contributed by atoms with Crippen LogP contribution in [0.2, 0.25) is 0 Å². The Hall–Kier alpha value is -2.82. The van der Waals surface area contributed by atoms with Crippen LogP contribution >= 0.6 is 0 Å². The number of likely N-dealkylation sites (N-methyl/N-ethyl adjacent to an activating group) is 1. The van der Waals surface area contributed by atoms with Crippen molar-refractivity contribution in [1.82, 2.24) is 5.32 Å². The van der Waals surface area contributed by atoms with Crippen molar-refractivity contribution >= 4 is 23.2 Å². The van der Waals surface area contributed by atoms with Crippen molar-refractivity contribution < 1.29 is 9.59 Å². The average Bonchev–Trinajstić information content (AvgIpc) is 2.59. The van der Waals surface area contributed by atoms with Crippen LogP contribution in [0, 0.1) is 0 Å². The van der Waals surface area contributed by atoms with Crippen molar-refractivity contribution in [2.75, 3.05) is 23.8 Å². The van der Waals surface area contributed by atoms with Crippen LogP contribution in [0.4, 0.5) is 11.4 Å². The Morgan fingerprint density at radius 2 is 1.62 bits per heavy atom. The van der Waals surface area contributed by atoms with Crippen LogP contribution in [-0.4, -0.2) is 31.4 Å². The summed E-state index contributed by atoms with van der Waals surface area (Å²) in [6.07, 6.45) is 0. The van der Waals surface area contributed by atoms with Crippen molar-refractivity contribution in [1.29, 1.82) is 0 Å². The zero-order chi connectivity index (χ0) is 17.5. The van der Waals surface area contributed by atoms with E-state index in [-0.39, 0.29) is 24.4 Å². The van der Waals surface area contributed by atoms with Gasteiger partial charge in [-0.15, -0.1) is 0 Å². The summed E-state index contributed by atoms with van der Waals surface area (Å²) < 4.78 is 0. The van der Waals surface area contributed by atoms with Crippen LogP contribution in [-0.2, 0) is 4.79 Å². The molecular formula is C19H23N3O2. The monoisotopic (exact) mass is 325 g/mol. The van der Waals surface area contributed by atoms with E-state index in [1.54, 1.807) is 36.2 Å². The number of amides is 2. The number of benzene rings is 2. The van der Waals surface area contributed by atoms with Gasteiger partial charge in [0.1, 0.15) is 0 Å². The van der Waals surface area contributed by atoms with Crippen LogP contribution in [0.3, 0.4) is 0 Å². The molecule has 0 radical (unpaired) electrons. The number of nitrogens with zero attached hydrogens (tertiary/aromatic N) is 1. The fourth-order valence-electron chi connectivity index (χ4n) is 2.18. The van der Waals surface area contributed by atoms with Crippen molar-refractivity contribution in [3.8, 4) is 0 Å². The summed E-state index contributed by atoms with van der Waals surface area (Å²) >= 11 is 0. The van der Waals surface area contributed by atoms with E-state index in [9.17, 15) is 9.59 Å². The number of para-hydroxylation sites is 1. The molecule has 2 aromatic rings. The molecule has 2 rings (SSSR count). The molecule has 0 saturated carbocycles. The number of anilines is 2. The lowest BCUT2D eigenvalue weighted by Crippen LogP contribution is -2.32. The Kier molecular flexibility index (Phi) is 5.95. The summed E-state index contributed by atoms with van der Waals surface area (Å²) in [7, 11) is 1.75. The van der Waals surface area contributed by atoms with Crippen LogP contribution in [0.5, 0.6) is 0 Å². The van der Waals surface area contributed by atoms with Crippen molar-refractivity contribution in [3.05, 3.63) is 60.2 Å². The number of carbonyl (C=O) groups is 2. The Balaban J connectivity index is 1.90. The van der Waals surface area contributed by atoms with Crippen molar-refractivity contribution in [2.24, 2.45) is 0 Å². The summed E-state index contributed by atoms with van der Waals surface area (Å²) in [5, 5.41) is 5.92. The van der Waals surface area contributed by atoms with Gasteiger partial charge in [0.2, 0.25) is 5.91 Å². The van der Waals surface area contributed by atoms with E-state index in [0.717, 1.165) is 11.4 Å². The molecule has 0 bridgehead atoms. The normalized spacial score (nSPS) is 10.3. The number of nitrogens with one attached hydrogen (secondary N) is 2. The topological polar surface area (TPSA) is 61.4 Å². The molecule has 0 heterocycles. The molecule has 24 heavy (non-hydrogen) atoms. The SMILES string of the molecule is CC(C)NC(=O)c1ccc(NCC(=O)N(C)c2ccccc2)cc1. The Labute approximate surface area is 142 Å². The molecule has 126 valence electrons. The van der Waals surface area contributed by atoms with Gasteiger partial charge in [-0.3, -0.25) is 9.59 Å². The van der Waals surface area contributed by atoms with E-state index in [2.05, 4.69) is 10.6 Å². The molecule has 0 atom stereocenters. The molecule has 2 amide bonds. The second-order valence-electron chi connectivity index (χ2n) is 5.85. The van der Waals surface area contributed by atoms with Gasteiger partial charge < -0.3 is 15.5 Å². The molecular weight excluding hydrogens is 302 g/mol. The highest BCUT2D eigenvalue weighted by Crippen LogP contribution is 2.13. The molecule has 0 aromatic heterocycles. The molecule has 0 saturated heterocycles. The summed E-state index contributed by atoms with van der Waals surface area (Å²) in [6, 6.07) is 16.7. The lowest BCUT2D eigenvalue weighted by Gasteiger charge is -2.18. The molecule has 0 aliphatic carbocycles. The number of rotatable bonds is 6. The van der Waals surface area contributed by atoms with Gasteiger partial charge in [-0.05, 0) is 50.2 Å². The zero-order valence-electron chi connectivity index (χ0n) is 14.2. The number of carbonyl (C=O) groups excluding carboxylic acids is 2. The van der Waals surface area contributed by atoms with Gasteiger partial charge in [0, 0.05) is 30.0 Å². The predicted octanol–water partition coefficient (Wildman–Crippen LogP) is 2.90. The Bertz CT molecular complexity index is 682. The molecule has 0 spiro atoms. The van der Waals surface area contributed by atoms with E-state index in [4.69, 9.17) is 0 Å². The van der Waals surface area contributed by atoms with Gasteiger partial charge in [0.25, 0.3) is 5.91 Å². The van der Waals surface area contributed by atoms with Gasteiger partial charge >= 0.3 is 0 Å². The molecule has 0 fully saturated rings. The Morgan fingerprint density at radius 3 is 2.21 bits per heavy atom. The minimum atomic E-state index is -0.101. The quantitative estimate of drug-likeness (QED) is 0.858. The van der Waals surface area contributed by atoms with Crippen LogP contribution in [0.1, 0.15) is 24.2 Å². The fraction of sp³-hybridized carbons (Fsp3) is 0.263. The van der Waals surface area contributed by atoms with Gasteiger partial charge in [-0.2, -0.15) is 0 Å². The summed E-state index contributed by atoms with van der Waals surface area (Å²) in [5.41, 5.74) is 2.25. The fourth-order valence-corrected chi connectivity index (χ4v) is 2.18. The molecule has 0 aliphatic rings. The lowest BCUT2D eigenvalue weighted by atomic mass is 10.2. The van der Waals surface area contributed by atoms with Crippen molar-refractivity contribution in [2.45, 2.75) is 19.9 Å². The second-order valence-corrected chi connectivity index (χ2v) is 5.85.